The van der Waals surface area contributed by atoms with Crippen LogP contribution >= 0.6 is 0 Å². The second-order valence-electron chi connectivity index (χ2n) is 7.41. The van der Waals surface area contributed by atoms with E-state index in [-0.39, 0.29) is 0 Å². The van der Waals surface area contributed by atoms with Crippen LogP contribution in [0.3, 0.4) is 0 Å². The largest absolute Gasteiger partial charge is 0.352 e. The van der Waals surface area contributed by atoms with Crippen molar-refractivity contribution in [3.8, 4) is 6.07 Å². The van der Waals surface area contributed by atoms with Gasteiger partial charge in [-0.1, -0.05) is 12.1 Å². The molecule has 1 aromatic carbocycles. The Labute approximate surface area is 158 Å². The number of hydrogen-bond donors (Lipinski definition) is 0. The summed E-state index contributed by atoms with van der Waals surface area (Å²) in [4.78, 5) is 14.0. The predicted octanol–water partition coefficient (Wildman–Crippen LogP) is 3.04. The quantitative estimate of drug-likeness (QED) is 0.717. The van der Waals surface area contributed by atoms with Crippen molar-refractivity contribution in [1.82, 2.24) is 14.5 Å². The Hall–Kier alpha value is -3.07. The van der Waals surface area contributed by atoms with Gasteiger partial charge in [-0.15, -0.1) is 0 Å². The van der Waals surface area contributed by atoms with Gasteiger partial charge in [0.25, 0.3) is 0 Å². The van der Waals surface area contributed by atoms with Gasteiger partial charge < -0.3 is 14.4 Å². The first-order valence-electron chi connectivity index (χ1n) is 9.64. The number of nitrogens with zero attached hydrogens (tertiary/aromatic N) is 6. The van der Waals surface area contributed by atoms with Crippen LogP contribution in [-0.4, -0.2) is 40.7 Å². The summed E-state index contributed by atoms with van der Waals surface area (Å²) in [6.45, 7) is 4.52. The number of fused-ring (bicyclic) bond motifs is 1. The highest BCUT2D eigenvalue weighted by Crippen LogP contribution is 2.34. The van der Waals surface area contributed by atoms with E-state index in [9.17, 15) is 5.26 Å². The molecule has 3 aromatic rings. The molecule has 6 nitrogen and oxygen atoms in total. The summed E-state index contributed by atoms with van der Waals surface area (Å²) in [5.74, 6) is 2.68. The van der Waals surface area contributed by atoms with Gasteiger partial charge in [-0.3, -0.25) is 0 Å². The second-order valence-corrected chi connectivity index (χ2v) is 7.41. The highest BCUT2D eigenvalue weighted by atomic mass is 15.4. The molecule has 0 N–H and O–H groups in total. The molecule has 136 valence electrons. The Morgan fingerprint density at radius 3 is 2.56 bits per heavy atom. The molecule has 3 heterocycles. The van der Waals surface area contributed by atoms with Gasteiger partial charge in [0, 0.05) is 38.9 Å². The summed E-state index contributed by atoms with van der Waals surface area (Å²) in [7, 11) is 0. The molecule has 2 aliphatic rings. The number of para-hydroxylation sites is 2. The minimum atomic E-state index is 0.645. The molecule has 1 saturated heterocycles. The standard InChI is InChI=1S/C21H22N6/c22-14-17-4-3-9-23-20(17)25-10-12-26(13-11-25)21-24-18-5-1-2-6-19(18)27(21)15-16-7-8-16/h1-6,9,16H,7-8,10-13,15H2. The van der Waals surface area contributed by atoms with Crippen molar-refractivity contribution in [2.24, 2.45) is 5.92 Å². The SMILES string of the molecule is N#Cc1cccnc1N1CCN(c2nc3ccccc3n2CC2CC2)CC1. The van der Waals surface area contributed by atoms with Gasteiger partial charge >= 0.3 is 0 Å². The maximum atomic E-state index is 9.35. The number of benzene rings is 1. The lowest BCUT2D eigenvalue weighted by Gasteiger charge is -2.36. The predicted molar refractivity (Wildman–Crippen MR) is 106 cm³/mol. The zero-order chi connectivity index (χ0) is 18.2. The van der Waals surface area contributed by atoms with Gasteiger partial charge in [0.1, 0.15) is 11.9 Å². The van der Waals surface area contributed by atoms with Crippen LogP contribution in [0.4, 0.5) is 11.8 Å². The first-order chi connectivity index (χ1) is 13.3. The first-order valence-corrected chi connectivity index (χ1v) is 9.64. The van der Waals surface area contributed by atoms with Crippen LogP contribution in [-0.2, 0) is 6.54 Å². The van der Waals surface area contributed by atoms with E-state index in [1.165, 1.54) is 18.4 Å². The number of aromatic nitrogens is 3. The minimum Gasteiger partial charge on any atom is -0.352 e. The molecule has 0 amide bonds. The summed E-state index contributed by atoms with van der Waals surface area (Å²) in [6, 6.07) is 14.3. The molecule has 1 aliphatic carbocycles. The van der Waals surface area contributed by atoms with E-state index in [1.54, 1.807) is 6.20 Å². The van der Waals surface area contributed by atoms with E-state index < -0.39 is 0 Å². The number of imidazole rings is 1. The molecule has 2 aromatic heterocycles. The molecule has 0 unspecified atom stereocenters. The van der Waals surface area contributed by atoms with Gasteiger partial charge in [-0.2, -0.15) is 5.26 Å². The minimum absolute atomic E-state index is 0.645. The Morgan fingerprint density at radius 1 is 1.00 bits per heavy atom. The number of pyridine rings is 1. The molecule has 27 heavy (non-hydrogen) atoms. The average molecular weight is 358 g/mol. The van der Waals surface area contributed by atoms with Crippen molar-refractivity contribution in [3.63, 3.8) is 0 Å². The fourth-order valence-corrected chi connectivity index (χ4v) is 3.90. The smallest absolute Gasteiger partial charge is 0.206 e. The molecule has 1 saturated carbocycles. The van der Waals surface area contributed by atoms with Gasteiger partial charge in [0.15, 0.2) is 0 Å². The highest BCUT2D eigenvalue weighted by molar-refractivity contribution is 5.79. The maximum Gasteiger partial charge on any atom is 0.206 e. The normalized spacial score (nSPS) is 17.3. The molecule has 0 radical (unpaired) electrons. The third-order valence-corrected chi connectivity index (χ3v) is 5.54. The van der Waals surface area contributed by atoms with Crippen molar-refractivity contribution >= 4 is 22.8 Å². The van der Waals surface area contributed by atoms with Crippen molar-refractivity contribution < 1.29 is 0 Å². The van der Waals surface area contributed by atoms with Crippen molar-refractivity contribution in [2.45, 2.75) is 19.4 Å². The van der Waals surface area contributed by atoms with Crippen LogP contribution in [0.5, 0.6) is 0 Å². The molecule has 0 atom stereocenters. The van der Waals surface area contributed by atoms with E-state index in [0.29, 0.717) is 5.56 Å². The Morgan fingerprint density at radius 2 is 1.78 bits per heavy atom. The van der Waals surface area contributed by atoms with Crippen LogP contribution in [0.1, 0.15) is 18.4 Å². The summed E-state index contributed by atoms with van der Waals surface area (Å²) in [6.07, 6.45) is 4.42. The van der Waals surface area contributed by atoms with Crippen LogP contribution in [0.2, 0.25) is 0 Å². The summed E-state index contributed by atoms with van der Waals surface area (Å²) < 4.78 is 2.41. The van der Waals surface area contributed by atoms with Gasteiger partial charge in [0.05, 0.1) is 16.6 Å². The third kappa shape index (κ3) is 2.99. The van der Waals surface area contributed by atoms with Crippen LogP contribution < -0.4 is 9.80 Å². The number of hydrogen-bond acceptors (Lipinski definition) is 5. The van der Waals surface area contributed by atoms with Crippen LogP contribution in [0.15, 0.2) is 42.6 Å². The molecule has 5 rings (SSSR count). The molecule has 6 heteroatoms. The lowest BCUT2D eigenvalue weighted by molar-refractivity contribution is 0.590. The lowest BCUT2D eigenvalue weighted by atomic mass is 10.2. The van der Waals surface area contributed by atoms with Crippen molar-refractivity contribution in [3.05, 3.63) is 48.2 Å². The average Bonchev–Trinajstić information content (AvgIpc) is 3.48. The molecular weight excluding hydrogens is 336 g/mol. The van der Waals surface area contributed by atoms with Crippen LogP contribution in [0, 0.1) is 17.2 Å². The molecule has 0 bridgehead atoms. The van der Waals surface area contributed by atoms with Gasteiger partial charge in [-0.25, -0.2) is 9.97 Å². The summed E-state index contributed by atoms with van der Waals surface area (Å²) >= 11 is 0. The second kappa shape index (κ2) is 6.58. The molecule has 1 aliphatic heterocycles. The van der Waals surface area contributed by atoms with Crippen molar-refractivity contribution in [1.29, 1.82) is 5.26 Å². The zero-order valence-corrected chi connectivity index (χ0v) is 15.3. The highest BCUT2D eigenvalue weighted by Gasteiger charge is 2.28. The monoisotopic (exact) mass is 358 g/mol. The molecular formula is C21H22N6. The van der Waals surface area contributed by atoms with E-state index in [1.807, 2.05) is 12.1 Å². The number of piperazine rings is 1. The van der Waals surface area contributed by atoms with E-state index in [2.05, 4.69) is 49.7 Å². The zero-order valence-electron chi connectivity index (χ0n) is 15.3. The van der Waals surface area contributed by atoms with E-state index in [4.69, 9.17) is 4.98 Å². The number of nitriles is 1. The maximum absolute atomic E-state index is 9.35. The summed E-state index contributed by atoms with van der Waals surface area (Å²) in [5, 5.41) is 9.35. The van der Waals surface area contributed by atoms with E-state index >= 15 is 0 Å². The fraction of sp³-hybridized carbons (Fsp3) is 0.381. The lowest BCUT2D eigenvalue weighted by Crippen LogP contribution is -2.48. The van der Waals surface area contributed by atoms with Crippen LogP contribution in [0.25, 0.3) is 11.0 Å². The fourth-order valence-electron chi connectivity index (χ4n) is 3.90. The van der Waals surface area contributed by atoms with Gasteiger partial charge in [0.2, 0.25) is 5.95 Å². The topological polar surface area (TPSA) is 61.0 Å². The van der Waals surface area contributed by atoms with E-state index in [0.717, 1.165) is 55.9 Å². The Kier molecular flexibility index (Phi) is 3.93. The molecule has 0 spiro atoms. The summed E-state index contributed by atoms with van der Waals surface area (Å²) in [5.41, 5.74) is 2.96. The third-order valence-electron chi connectivity index (χ3n) is 5.54. The number of rotatable bonds is 4. The Balaban J connectivity index is 1.40. The molecule has 2 fully saturated rings. The number of anilines is 2. The Bertz CT molecular complexity index is 1000. The first kappa shape index (κ1) is 16.1. The van der Waals surface area contributed by atoms with Crippen molar-refractivity contribution in [2.75, 3.05) is 36.0 Å². The van der Waals surface area contributed by atoms with Gasteiger partial charge in [-0.05, 0) is 43.0 Å².